The molecule has 8 heteroatoms. The maximum atomic E-state index is 12.6. The molecule has 2 aromatic heterocycles. The number of fused-ring (bicyclic) bond motifs is 1. The van der Waals surface area contributed by atoms with Crippen molar-refractivity contribution in [2.75, 3.05) is 38.2 Å². The normalized spacial score (nSPS) is 15.6. The number of aryl methyl sites for hydroxylation is 1. The third-order valence-electron chi connectivity index (χ3n) is 5.17. The Morgan fingerprint density at radius 2 is 2.00 bits per heavy atom. The number of carbonyl (C=O) groups excluding carboxylic acids is 2. The van der Waals surface area contributed by atoms with Crippen LogP contribution in [0.1, 0.15) is 17.3 Å². The summed E-state index contributed by atoms with van der Waals surface area (Å²) in [6.45, 7) is 5.15. The Hall–Kier alpha value is -2.81. The van der Waals surface area contributed by atoms with Gasteiger partial charge in [0.2, 0.25) is 0 Å². The van der Waals surface area contributed by atoms with Crippen LogP contribution in [-0.4, -0.2) is 54.5 Å². The fourth-order valence-electron chi connectivity index (χ4n) is 3.67. The van der Waals surface area contributed by atoms with Crippen molar-refractivity contribution in [1.82, 2.24) is 15.2 Å². The van der Waals surface area contributed by atoms with Crippen molar-refractivity contribution in [1.29, 1.82) is 0 Å². The van der Waals surface area contributed by atoms with Gasteiger partial charge in [0.1, 0.15) is 0 Å². The van der Waals surface area contributed by atoms with E-state index in [0.717, 1.165) is 35.2 Å². The number of hydrogen-bond donors (Lipinski definition) is 2. The maximum Gasteiger partial charge on any atom is 0.313 e. The predicted octanol–water partition coefficient (Wildman–Crippen LogP) is 2.73. The molecular formula is C22H24N4O3S. The molecule has 1 aliphatic rings. The molecule has 30 heavy (non-hydrogen) atoms. The summed E-state index contributed by atoms with van der Waals surface area (Å²) in [5, 5.41) is 10.5. The van der Waals surface area contributed by atoms with E-state index >= 15 is 0 Å². The van der Waals surface area contributed by atoms with Gasteiger partial charge in [-0.3, -0.25) is 19.5 Å². The molecule has 156 valence electrons. The Kier molecular flexibility index (Phi) is 6.37. The molecular weight excluding hydrogens is 400 g/mol. The summed E-state index contributed by atoms with van der Waals surface area (Å²) in [5.41, 5.74) is 3.27. The standard InChI is InChI=1S/C22H24N4O3S/c1-15-12-19(17-4-2-3-5-18(17)24-15)25-22(28)21(27)23-13-20(16-6-11-30-14-16)26-7-9-29-10-8-26/h2-6,11-12,14,20H,7-10,13H2,1H3,(H,23,27)(H,24,25,28)/t20-/m1/s1. The number of thiophene rings is 1. The van der Waals surface area contributed by atoms with Crippen molar-refractivity contribution in [3.05, 3.63) is 58.4 Å². The van der Waals surface area contributed by atoms with E-state index < -0.39 is 11.8 Å². The lowest BCUT2D eigenvalue weighted by molar-refractivity contribution is -0.136. The number of anilines is 1. The van der Waals surface area contributed by atoms with Crippen LogP contribution in [0.2, 0.25) is 0 Å². The minimum atomic E-state index is -0.684. The summed E-state index contributed by atoms with van der Waals surface area (Å²) in [4.78, 5) is 31.9. The van der Waals surface area contributed by atoms with Crippen LogP contribution in [0.25, 0.3) is 10.9 Å². The van der Waals surface area contributed by atoms with Crippen molar-refractivity contribution in [2.45, 2.75) is 13.0 Å². The van der Waals surface area contributed by atoms with Crippen molar-refractivity contribution >= 4 is 39.7 Å². The van der Waals surface area contributed by atoms with Crippen LogP contribution in [0.4, 0.5) is 5.69 Å². The van der Waals surface area contributed by atoms with E-state index in [1.54, 1.807) is 17.4 Å². The summed E-state index contributed by atoms with van der Waals surface area (Å²) < 4.78 is 5.45. The quantitative estimate of drug-likeness (QED) is 0.616. The lowest BCUT2D eigenvalue weighted by Gasteiger charge is -2.34. The first-order valence-electron chi connectivity index (χ1n) is 9.91. The zero-order valence-electron chi connectivity index (χ0n) is 16.8. The number of carbonyl (C=O) groups is 2. The van der Waals surface area contributed by atoms with Crippen LogP contribution in [0, 0.1) is 6.92 Å². The molecule has 0 bridgehead atoms. The van der Waals surface area contributed by atoms with Gasteiger partial charge in [0, 0.05) is 30.7 Å². The van der Waals surface area contributed by atoms with E-state index in [0.29, 0.717) is 25.4 Å². The van der Waals surface area contributed by atoms with Crippen molar-refractivity contribution < 1.29 is 14.3 Å². The van der Waals surface area contributed by atoms with E-state index in [1.165, 1.54) is 0 Å². The van der Waals surface area contributed by atoms with Crippen LogP contribution >= 0.6 is 11.3 Å². The number of para-hydroxylation sites is 1. The number of pyridine rings is 1. The second kappa shape index (κ2) is 9.34. The first-order chi connectivity index (χ1) is 14.6. The molecule has 2 N–H and O–H groups in total. The third-order valence-corrected chi connectivity index (χ3v) is 5.87. The molecule has 0 radical (unpaired) electrons. The van der Waals surface area contributed by atoms with Gasteiger partial charge in [-0.25, -0.2) is 0 Å². The van der Waals surface area contributed by atoms with Crippen molar-refractivity contribution in [3.63, 3.8) is 0 Å². The highest BCUT2D eigenvalue weighted by atomic mass is 32.1. The monoisotopic (exact) mass is 424 g/mol. The van der Waals surface area contributed by atoms with Gasteiger partial charge in [-0.1, -0.05) is 18.2 Å². The first-order valence-corrected chi connectivity index (χ1v) is 10.9. The molecule has 2 amide bonds. The zero-order valence-corrected chi connectivity index (χ0v) is 17.6. The largest absolute Gasteiger partial charge is 0.379 e. The second-order valence-electron chi connectivity index (χ2n) is 7.21. The number of aromatic nitrogens is 1. The summed E-state index contributed by atoms with van der Waals surface area (Å²) in [5.74, 6) is -1.33. The van der Waals surface area contributed by atoms with Crippen LogP contribution in [-0.2, 0) is 14.3 Å². The van der Waals surface area contributed by atoms with Crippen LogP contribution < -0.4 is 10.6 Å². The SMILES string of the molecule is Cc1cc(NC(=O)C(=O)NC[C@H](c2ccsc2)N2CCOCC2)c2ccccc2n1. The number of rotatable bonds is 5. The smallest absolute Gasteiger partial charge is 0.313 e. The Balaban J connectivity index is 1.43. The lowest BCUT2D eigenvalue weighted by Crippen LogP contribution is -2.45. The summed E-state index contributed by atoms with van der Waals surface area (Å²) in [6, 6.07) is 11.4. The predicted molar refractivity (Wildman–Crippen MR) is 118 cm³/mol. The van der Waals surface area contributed by atoms with Crippen LogP contribution in [0.15, 0.2) is 47.2 Å². The first kappa shape index (κ1) is 20.5. The molecule has 1 aliphatic heterocycles. The summed E-state index contributed by atoms with van der Waals surface area (Å²) in [7, 11) is 0. The molecule has 1 atom stereocenters. The Morgan fingerprint density at radius 3 is 2.77 bits per heavy atom. The molecule has 3 aromatic rings. The van der Waals surface area contributed by atoms with Gasteiger partial charge >= 0.3 is 11.8 Å². The molecule has 1 fully saturated rings. The molecule has 0 unspecified atom stereocenters. The van der Waals surface area contributed by atoms with Gasteiger partial charge in [-0.05, 0) is 41.4 Å². The highest BCUT2D eigenvalue weighted by Crippen LogP contribution is 2.24. The molecule has 1 aromatic carbocycles. The molecule has 3 heterocycles. The molecule has 0 saturated carbocycles. The zero-order chi connectivity index (χ0) is 20.9. The average molecular weight is 425 g/mol. The highest BCUT2D eigenvalue weighted by molar-refractivity contribution is 7.08. The maximum absolute atomic E-state index is 12.6. The van der Waals surface area contributed by atoms with Gasteiger partial charge in [0.15, 0.2) is 0 Å². The number of nitrogens with one attached hydrogen (secondary N) is 2. The van der Waals surface area contributed by atoms with E-state index in [-0.39, 0.29) is 6.04 Å². The average Bonchev–Trinajstić information content (AvgIpc) is 3.29. The lowest BCUT2D eigenvalue weighted by atomic mass is 10.1. The Bertz CT molecular complexity index is 1030. The molecule has 4 rings (SSSR count). The van der Waals surface area contributed by atoms with Gasteiger partial charge < -0.3 is 15.4 Å². The topological polar surface area (TPSA) is 83.6 Å². The van der Waals surface area contributed by atoms with Crippen molar-refractivity contribution in [2.24, 2.45) is 0 Å². The summed E-state index contributed by atoms with van der Waals surface area (Å²) in [6.07, 6.45) is 0. The van der Waals surface area contributed by atoms with Gasteiger partial charge in [-0.2, -0.15) is 11.3 Å². The minimum Gasteiger partial charge on any atom is -0.379 e. The number of amides is 2. The molecule has 7 nitrogen and oxygen atoms in total. The van der Waals surface area contributed by atoms with E-state index in [2.05, 4.69) is 32.0 Å². The number of hydrogen-bond acceptors (Lipinski definition) is 6. The number of benzene rings is 1. The number of ether oxygens (including phenoxy) is 1. The van der Waals surface area contributed by atoms with Crippen LogP contribution in [0.5, 0.6) is 0 Å². The van der Waals surface area contributed by atoms with E-state index in [9.17, 15) is 9.59 Å². The molecule has 0 aliphatic carbocycles. The van der Waals surface area contributed by atoms with Crippen molar-refractivity contribution in [3.8, 4) is 0 Å². The second-order valence-corrected chi connectivity index (χ2v) is 7.99. The molecule has 0 spiro atoms. The van der Waals surface area contributed by atoms with Crippen LogP contribution in [0.3, 0.4) is 0 Å². The third kappa shape index (κ3) is 4.67. The van der Waals surface area contributed by atoms with Gasteiger partial charge in [0.25, 0.3) is 0 Å². The molecule has 1 saturated heterocycles. The van der Waals surface area contributed by atoms with E-state index in [4.69, 9.17) is 4.74 Å². The fraction of sp³-hybridized carbons (Fsp3) is 0.318. The minimum absolute atomic E-state index is 0.0147. The number of morpholine rings is 1. The number of nitrogens with zero attached hydrogens (tertiary/aromatic N) is 2. The van der Waals surface area contributed by atoms with E-state index in [1.807, 2.05) is 36.6 Å². The summed E-state index contributed by atoms with van der Waals surface area (Å²) >= 11 is 1.62. The fourth-order valence-corrected chi connectivity index (χ4v) is 4.38. The van der Waals surface area contributed by atoms with Gasteiger partial charge in [0.05, 0.1) is 30.5 Å². The Labute approximate surface area is 179 Å². The van der Waals surface area contributed by atoms with Gasteiger partial charge in [-0.15, -0.1) is 0 Å². The highest BCUT2D eigenvalue weighted by Gasteiger charge is 2.25. The Morgan fingerprint density at radius 1 is 1.20 bits per heavy atom.